The molecule has 2 fully saturated rings. The Morgan fingerprint density at radius 2 is 1.76 bits per heavy atom. The van der Waals surface area contributed by atoms with E-state index in [1.165, 1.54) is 4.90 Å². The number of carbonyl (C=O) groups is 3. The highest BCUT2D eigenvalue weighted by molar-refractivity contribution is 7.13. The van der Waals surface area contributed by atoms with Crippen LogP contribution in [0.5, 0.6) is 0 Å². The van der Waals surface area contributed by atoms with E-state index in [1.807, 2.05) is 88.7 Å². The fraction of sp³-hybridized carbons (Fsp3) is 0.450. The van der Waals surface area contributed by atoms with E-state index in [-0.39, 0.29) is 49.6 Å². The molecule has 12 nitrogen and oxygen atoms in total. The highest BCUT2D eigenvalue weighted by Crippen LogP contribution is 2.35. The molecule has 0 bridgehead atoms. The molecule has 0 aliphatic carbocycles. The molecule has 0 spiro atoms. The van der Waals surface area contributed by atoms with E-state index in [1.54, 1.807) is 17.4 Å². The van der Waals surface area contributed by atoms with Crippen molar-refractivity contribution in [2.45, 2.75) is 65.6 Å². The summed E-state index contributed by atoms with van der Waals surface area (Å²) in [6.07, 6.45) is -0.659. The molecule has 2 aromatic heterocycles. The van der Waals surface area contributed by atoms with Crippen LogP contribution >= 0.6 is 22.9 Å². The SMILES string of the molecule is Cc1ncsc1-c1ccc([C@H](C)NC(=O)[C@@H]2C[C@@H](O)CN2C(=O)[C@@H](CC(=O)CN2CCN(c3cc(-c4ccccc4Cl)nnc3N)CC2)C(C)(C)C)cc1. The molecule has 2 aliphatic rings. The molecule has 0 radical (unpaired) electrons. The summed E-state index contributed by atoms with van der Waals surface area (Å²) in [6, 6.07) is 16.2. The van der Waals surface area contributed by atoms with Gasteiger partial charge in [0, 0.05) is 57.0 Å². The van der Waals surface area contributed by atoms with Gasteiger partial charge in [-0.3, -0.25) is 19.3 Å². The van der Waals surface area contributed by atoms with E-state index in [4.69, 9.17) is 17.3 Å². The van der Waals surface area contributed by atoms with Crippen molar-refractivity contribution in [1.82, 2.24) is 30.3 Å². The van der Waals surface area contributed by atoms with Crippen molar-refractivity contribution in [3.8, 4) is 21.7 Å². The number of nitrogens with one attached hydrogen (secondary N) is 1. The van der Waals surface area contributed by atoms with Crippen molar-refractivity contribution < 1.29 is 19.5 Å². The average molecular weight is 773 g/mol. The smallest absolute Gasteiger partial charge is 0.243 e. The lowest BCUT2D eigenvalue weighted by Crippen LogP contribution is -2.51. The first-order valence-electron chi connectivity index (χ1n) is 18.4. The van der Waals surface area contributed by atoms with Gasteiger partial charge in [0.15, 0.2) is 5.82 Å². The number of piperazine rings is 1. The first kappa shape index (κ1) is 39.3. The number of aliphatic hydroxyl groups is 1. The lowest BCUT2D eigenvalue weighted by atomic mass is 9.76. The zero-order valence-corrected chi connectivity index (χ0v) is 33.0. The minimum Gasteiger partial charge on any atom is -0.391 e. The summed E-state index contributed by atoms with van der Waals surface area (Å²) in [4.78, 5) is 52.7. The number of halogens is 1. The van der Waals surface area contributed by atoms with E-state index >= 15 is 0 Å². The predicted octanol–water partition coefficient (Wildman–Crippen LogP) is 5.39. The van der Waals surface area contributed by atoms with E-state index in [9.17, 15) is 19.5 Å². The number of aromatic nitrogens is 3. The summed E-state index contributed by atoms with van der Waals surface area (Å²) in [5, 5.41) is 22.8. The van der Waals surface area contributed by atoms with Gasteiger partial charge in [0.25, 0.3) is 0 Å². The lowest BCUT2D eigenvalue weighted by Gasteiger charge is -2.37. The largest absolute Gasteiger partial charge is 0.391 e. The molecule has 4 atom stereocenters. The summed E-state index contributed by atoms with van der Waals surface area (Å²) in [5.74, 6) is -1.00. The normalized spacial score (nSPS) is 19.1. The zero-order valence-electron chi connectivity index (χ0n) is 31.5. The van der Waals surface area contributed by atoms with Gasteiger partial charge in [-0.05, 0) is 42.5 Å². The number of anilines is 2. The Morgan fingerprint density at radius 1 is 1.06 bits per heavy atom. The second kappa shape index (κ2) is 16.5. The number of nitrogen functional groups attached to an aromatic ring is 1. The number of nitrogens with two attached hydrogens (primary N) is 1. The number of carbonyl (C=O) groups excluding carboxylic acids is 3. The molecule has 4 heterocycles. The van der Waals surface area contributed by atoms with Crippen LogP contribution in [0.3, 0.4) is 0 Å². The number of rotatable bonds is 11. The van der Waals surface area contributed by atoms with Crippen molar-refractivity contribution >= 4 is 52.0 Å². The van der Waals surface area contributed by atoms with Crippen molar-refractivity contribution in [2.24, 2.45) is 11.3 Å². The molecule has 6 rings (SSSR count). The van der Waals surface area contributed by atoms with Crippen LogP contribution in [0.4, 0.5) is 11.5 Å². The summed E-state index contributed by atoms with van der Waals surface area (Å²) in [7, 11) is 0. The third-order valence-electron chi connectivity index (χ3n) is 10.5. The molecular formula is C40H49ClN8O4S. The molecule has 2 aromatic carbocycles. The monoisotopic (exact) mass is 772 g/mol. The summed E-state index contributed by atoms with van der Waals surface area (Å²) >= 11 is 7.99. The third-order valence-corrected chi connectivity index (χ3v) is 11.8. The van der Waals surface area contributed by atoms with Gasteiger partial charge in [0.05, 0.1) is 51.2 Å². The van der Waals surface area contributed by atoms with Gasteiger partial charge in [0.1, 0.15) is 11.8 Å². The van der Waals surface area contributed by atoms with Gasteiger partial charge in [-0.15, -0.1) is 21.5 Å². The third kappa shape index (κ3) is 8.92. The van der Waals surface area contributed by atoms with Crippen LogP contribution in [0.15, 0.2) is 60.1 Å². The van der Waals surface area contributed by atoms with Gasteiger partial charge < -0.3 is 26.0 Å². The number of thiazole rings is 1. The van der Waals surface area contributed by atoms with Crippen molar-refractivity contribution in [1.29, 1.82) is 0 Å². The van der Waals surface area contributed by atoms with Crippen molar-refractivity contribution in [3.63, 3.8) is 0 Å². The quantitative estimate of drug-likeness (QED) is 0.181. The first-order valence-corrected chi connectivity index (χ1v) is 19.6. The van der Waals surface area contributed by atoms with E-state index < -0.39 is 23.5 Å². The number of aryl methyl sites for hydroxylation is 1. The van der Waals surface area contributed by atoms with Gasteiger partial charge >= 0.3 is 0 Å². The Balaban J connectivity index is 1.06. The van der Waals surface area contributed by atoms with Gasteiger partial charge in [0.2, 0.25) is 11.8 Å². The maximum absolute atomic E-state index is 14.2. The molecule has 14 heteroatoms. The Labute approximate surface area is 325 Å². The fourth-order valence-corrected chi connectivity index (χ4v) is 8.34. The number of nitrogens with zero attached hydrogens (tertiary/aromatic N) is 6. The van der Waals surface area contributed by atoms with Crippen LogP contribution in [-0.2, 0) is 14.4 Å². The molecule has 4 N–H and O–H groups in total. The topological polar surface area (TPSA) is 158 Å². The fourth-order valence-electron chi connectivity index (χ4n) is 7.30. The number of β-amino-alcohol motifs (C(OH)–C–C–N with tert-alkyl or cyclic N) is 1. The van der Waals surface area contributed by atoms with Crippen LogP contribution in [0.2, 0.25) is 5.02 Å². The molecule has 2 aliphatic heterocycles. The Morgan fingerprint density at radius 3 is 2.41 bits per heavy atom. The minimum absolute atomic E-state index is 0.0356. The maximum Gasteiger partial charge on any atom is 0.243 e. The average Bonchev–Trinajstić information content (AvgIpc) is 3.76. The number of likely N-dealkylation sites (tertiary alicyclic amines) is 1. The Bertz CT molecular complexity index is 1970. The maximum atomic E-state index is 14.2. The molecule has 2 amide bonds. The number of hydrogen-bond donors (Lipinski definition) is 3. The standard InChI is InChI=1S/C40H49ClN8O4S/c1-24(26-10-12-27(13-11-26)36-25(2)43-23-54-36)44-38(52)35-19-29(51)22-49(35)39(53)31(40(3,4)5)18-28(50)21-47-14-16-48(17-15-47)34-20-33(45-46-37(34)42)30-8-6-7-9-32(30)41/h6-13,20,23-24,29,31,35,51H,14-19,21-22H2,1-5H3,(H2,42,46)(H,44,52)/t24-,29+,31+,35-/m0/s1. The van der Waals surface area contributed by atoms with Crippen LogP contribution in [-0.4, -0.2) is 99.1 Å². The van der Waals surface area contributed by atoms with Gasteiger partial charge in [-0.25, -0.2) is 4.98 Å². The molecule has 286 valence electrons. The molecular weight excluding hydrogens is 724 g/mol. The van der Waals surface area contributed by atoms with Gasteiger partial charge in [-0.2, -0.15) is 0 Å². The number of benzene rings is 2. The number of Topliss-reactive ketones (excluding diaryl/α,β-unsaturated/α-hetero) is 1. The molecule has 4 aromatic rings. The van der Waals surface area contributed by atoms with Crippen LogP contribution in [0, 0.1) is 18.3 Å². The van der Waals surface area contributed by atoms with Crippen molar-refractivity contribution in [2.75, 3.05) is 49.9 Å². The van der Waals surface area contributed by atoms with E-state index in [0.29, 0.717) is 42.7 Å². The molecule has 54 heavy (non-hydrogen) atoms. The molecule has 0 saturated carbocycles. The minimum atomic E-state index is -0.837. The van der Waals surface area contributed by atoms with Gasteiger partial charge in [-0.1, -0.05) is 74.8 Å². The Hall–Kier alpha value is -4.43. The second-order valence-electron chi connectivity index (χ2n) is 15.4. The second-order valence-corrected chi connectivity index (χ2v) is 16.7. The highest BCUT2D eigenvalue weighted by atomic mass is 35.5. The molecule has 0 unspecified atom stereocenters. The summed E-state index contributed by atoms with van der Waals surface area (Å²) < 4.78 is 0. The number of aliphatic hydroxyl groups excluding tert-OH is 1. The summed E-state index contributed by atoms with van der Waals surface area (Å²) in [5.41, 5.74) is 12.6. The van der Waals surface area contributed by atoms with Crippen LogP contribution < -0.4 is 16.0 Å². The van der Waals surface area contributed by atoms with Crippen LogP contribution in [0.25, 0.3) is 21.7 Å². The van der Waals surface area contributed by atoms with E-state index in [2.05, 4.69) is 30.3 Å². The number of amides is 2. The highest BCUT2D eigenvalue weighted by Gasteiger charge is 2.44. The molecule has 2 saturated heterocycles. The zero-order chi connectivity index (χ0) is 38.7. The van der Waals surface area contributed by atoms with Crippen molar-refractivity contribution in [3.05, 3.63) is 76.4 Å². The predicted molar refractivity (Wildman–Crippen MR) is 213 cm³/mol. The number of ketones is 1. The lowest BCUT2D eigenvalue weighted by molar-refractivity contribution is -0.146. The van der Waals surface area contributed by atoms with E-state index in [0.717, 1.165) is 32.9 Å². The number of hydrogen-bond acceptors (Lipinski definition) is 11. The summed E-state index contributed by atoms with van der Waals surface area (Å²) in [6.45, 7) is 12.4. The Kier molecular flexibility index (Phi) is 12.0. The van der Waals surface area contributed by atoms with Crippen LogP contribution in [0.1, 0.15) is 57.8 Å². The first-order chi connectivity index (χ1) is 25.7.